The highest BCUT2D eigenvalue weighted by atomic mass is 16.6. The van der Waals surface area contributed by atoms with Crippen LogP contribution in [-0.4, -0.2) is 49.4 Å². The van der Waals surface area contributed by atoms with Gasteiger partial charge in [-0.2, -0.15) is 0 Å². The summed E-state index contributed by atoms with van der Waals surface area (Å²) in [6.07, 6.45) is 3.78. The Bertz CT molecular complexity index is 879. The Morgan fingerprint density at radius 3 is 2.28 bits per heavy atom. The lowest BCUT2D eigenvalue weighted by Crippen LogP contribution is -2.41. The van der Waals surface area contributed by atoms with Gasteiger partial charge in [0, 0.05) is 32.9 Å². The molecule has 174 valence electrons. The van der Waals surface area contributed by atoms with Gasteiger partial charge in [-0.05, 0) is 36.6 Å². The van der Waals surface area contributed by atoms with E-state index in [1.165, 1.54) is 45.2 Å². The van der Waals surface area contributed by atoms with Crippen LogP contribution in [-0.2, 0) is 28.7 Å². The number of amides is 2. The largest absolute Gasteiger partial charge is 0.467 e. The van der Waals surface area contributed by atoms with Gasteiger partial charge in [0.25, 0.3) is 0 Å². The zero-order valence-electron chi connectivity index (χ0n) is 18.6. The second-order valence-corrected chi connectivity index (χ2v) is 6.66. The molecule has 10 heteroatoms. The SMILES string of the molecule is CCC(=O)N[C@@H](CCCNC(=O)/C=C/c1ccc(OC(C)=O)c(OC(C)=O)c1)C(=O)OC. The average Bonchev–Trinajstić information content (AvgIpc) is 2.74. The third kappa shape index (κ3) is 9.88. The van der Waals surface area contributed by atoms with Gasteiger partial charge in [0.1, 0.15) is 6.04 Å². The van der Waals surface area contributed by atoms with Gasteiger partial charge in [-0.25, -0.2) is 4.79 Å². The highest BCUT2D eigenvalue weighted by molar-refractivity contribution is 5.91. The molecule has 0 aliphatic heterocycles. The number of nitrogens with one attached hydrogen (secondary N) is 2. The maximum atomic E-state index is 12.0. The summed E-state index contributed by atoms with van der Waals surface area (Å²) in [5.74, 6) is -2.19. The molecule has 1 atom stereocenters. The van der Waals surface area contributed by atoms with Gasteiger partial charge in [0.2, 0.25) is 11.8 Å². The van der Waals surface area contributed by atoms with Crippen molar-refractivity contribution < 1.29 is 38.2 Å². The maximum absolute atomic E-state index is 12.0. The summed E-state index contributed by atoms with van der Waals surface area (Å²) < 4.78 is 14.7. The van der Waals surface area contributed by atoms with Crippen LogP contribution in [0.15, 0.2) is 24.3 Å². The highest BCUT2D eigenvalue weighted by Gasteiger charge is 2.20. The summed E-state index contributed by atoms with van der Waals surface area (Å²) in [4.78, 5) is 57.7. The summed E-state index contributed by atoms with van der Waals surface area (Å²) in [7, 11) is 1.24. The third-order valence-electron chi connectivity index (χ3n) is 4.01. The van der Waals surface area contributed by atoms with Crippen molar-refractivity contribution in [3.63, 3.8) is 0 Å². The van der Waals surface area contributed by atoms with Gasteiger partial charge in [-0.1, -0.05) is 13.0 Å². The van der Waals surface area contributed by atoms with Gasteiger partial charge in [0.15, 0.2) is 11.5 Å². The van der Waals surface area contributed by atoms with E-state index in [0.29, 0.717) is 18.4 Å². The number of methoxy groups -OCH3 is 1. The van der Waals surface area contributed by atoms with Crippen molar-refractivity contribution in [1.82, 2.24) is 10.6 Å². The molecule has 0 bridgehead atoms. The second-order valence-electron chi connectivity index (χ2n) is 6.66. The van der Waals surface area contributed by atoms with Crippen molar-refractivity contribution in [1.29, 1.82) is 0 Å². The fourth-order valence-electron chi connectivity index (χ4n) is 2.54. The lowest BCUT2D eigenvalue weighted by molar-refractivity contribution is -0.145. The molecule has 0 spiro atoms. The van der Waals surface area contributed by atoms with E-state index in [9.17, 15) is 24.0 Å². The molecule has 2 N–H and O–H groups in total. The first-order valence-corrected chi connectivity index (χ1v) is 10.00. The van der Waals surface area contributed by atoms with Crippen molar-refractivity contribution in [2.75, 3.05) is 13.7 Å². The zero-order valence-corrected chi connectivity index (χ0v) is 18.6. The minimum absolute atomic E-state index is 0.0539. The summed E-state index contributed by atoms with van der Waals surface area (Å²) in [5, 5.41) is 5.25. The van der Waals surface area contributed by atoms with Gasteiger partial charge in [0.05, 0.1) is 7.11 Å². The molecule has 0 saturated heterocycles. The fraction of sp³-hybridized carbons (Fsp3) is 0.409. The van der Waals surface area contributed by atoms with Crippen molar-refractivity contribution in [2.24, 2.45) is 0 Å². The van der Waals surface area contributed by atoms with Crippen molar-refractivity contribution in [3.05, 3.63) is 29.8 Å². The standard InChI is InChI=1S/C22H28N2O8/c1-5-20(27)24-17(22(29)30-4)7-6-12-23-21(28)11-9-16-8-10-18(31-14(2)25)19(13-16)32-15(3)26/h8-11,13,17H,5-7,12H2,1-4H3,(H,23,28)(H,24,27)/b11-9+/t17-/m0/s1. The molecule has 0 fully saturated rings. The molecule has 32 heavy (non-hydrogen) atoms. The number of benzene rings is 1. The highest BCUT2D eigenvalue weighted by Crippen LogP contribution is 2.29. The predicted molar refractivity (Wildman–Crippen MR) is 115 cm³/mol. The summed E-state index contributed by atoms with van der Waals surface area (Å²) in [6.45, 7) is 4.39. The van der Waals surface area contributed by atoms with Gasteiger partial charge < -0.3 is 24.8 Å². The van der Waals surface area contributed by atoms with Gasteiger partial charge in [-0.15, -0.1) is 0 Å². The monoisotopic (exact) mass is 448 g/mol. The quantitative estimate of drug-likeness (QED) is 0.225. The fourth-order valence-corrected chi connectivity index (χ4v) is 2.54. The minimum Gasteiger partial charge on any atom is -0.467 e. The average molecular weight is 448 g/mol. The van der Waals surface area contributed by atoms with E-state index in [1.54, 1.807) is 13.0 Å². The third-order valence-corrected chi connectivity index (χ3v) is 4.01. The van der Waals surface area contributed by atoms with Crippen LogP contribution >= 0.6 is 0 Å². The Balaban J connectivity index is 2.63. The second kappa shape index (κ2) is 13.6. The van der Waals surface area contributed by atoms with Crippen LogP contribution in [0.2, 0.25) is 0 Å². The van der Waals surface area contributed by atoms with Crippen LogP contribution < -0.4 is 20.1 Å². The van der Waals surface area contributed by atoms with Gasteiger partial charge in [-0.3, -0.25) is 19.2 Å². The van der Waals surface area contributed by atoms with Crippen LogP contribution in [0.1, 0.15) is 45.6 Å². The Hall–Kier alpha value is -3.69. The normalized spacial score (nSPS) is 11.4. The first kappa shape index (κ1) is 26.3. The van der Waals surface area contributed by atoms with E-state index < -0.39 is 23.9 Å². The number of carbonyl (C=O) groups excluding carboxylic acids is 5. The van der Waals surface area contributed by atoms with Crippen LogP contribution in [0.25, 0.3) is 6.08 Å². The number of carbonyl (C=O) groups is 5. The molecule has 0 aromatic heterocycles. The molecule has 0 saturated carbocycles. The van der Waals surface area contributed by atoms with Crippen LogP contribution in [0.5, 0.6) is 11.5 Å². The summed E-state index contributed by atoms with van der Waals surface area (Å²) >= 11 is 0. The predicted octanol–water partition coefficient (Wildman–Crippen LogP) is 1.51. The lowest BCUT2D eigenvalue weighted by Gasteiger charge is -2.16. The molecule has 1 rings (SSSR count). The topological polar surface area (TPSA) is 137 Å². The van der Waals surface area contributed by atoms with E-state index in [4.69, 9.17) is 9.47 Å². The molecule has 0 aliphatic carbocycles. The summed E-state index contributed by atoms with van der Waals surface area (Å²) in [5.41, 5.74) is 0.542. The lowest BCUT2D eigenvalue weighted by atomic mass is 10.1. The molecule has 0 heterocycles. The molecule has 0 radical (unpaired) electrons. The Kier molecular flexibility index (Phi) is 11.2. The number of hydrogen-bond acceptors (Lipinski definition) is 8. The van der Waals surface area contributed by atoms with Crippen LogP contribution in [0.3, 0.4) is 0 Å². The van der Waals surface area contributed by atoms with Crippen molar-refractivity contribution >= 4 is 35.8 Å². The number of rotatable bonds is 11. The summed E-state index contributed by atoms with van der Waals surface area (Å²) in [6, 6.07) is 3.73. The van der Waals surface area contributed by atoms with E-state index in [2.05, 4.69) is 15.4 Å². The van der Waals surface area contributed by atoms with Crippen molar-refractivity contribution in [2.45, 2.75) is 46.1 Å². The Morgan fingerprint density at radius 1 is 1.03 bits per heavy atom. The smallest absolute Gasteiger partial charge is 0.328 e. The molecule has 10 nitrogen and oxygen atoms in total. The molecule has 0 aliphatic rings. The molecular formula is C22H28N2O8. The van der Waals surface area contributed by atoms with Crippen LogP contribution in [0.4, 0.5) is 0 Å². The molecule has 0 unspecified atom stereocenters. The zero-order chi connectivity index (χ0) is 24.1. The van der Waals surface area contributed by atoms with Crippen molar-refractivity contribution in [3.8, 4) is 11.5 Å². The number of ether oxygens (including phenoxy) is 3. The Morgan fingerprint density at radius 2 is 1.69 bits per heavy atom. The van der Waals surface area contributed by atoms with E-state index in [-0.39, 0.29) is 36.3 Å². The van der Waals surface area contributed by atoms with E-state index in [1.807, 2.05) is 0 Å². The van der Waals surface area contributed by atoms with Crippen LogP contribution in [0, 0.1) is 0 Å². The van der Waals surface area contributed by atoms with Gasteiger partial charge >= 0.3 is 17.9 Å². The molecular weight excluding hydrogens is 420 g/mol. The Labute approximate surface area is 186 Å². The molecule has 1 aromatic rings. The molecule has 2 amide bonds. The number of hydrogen-bond donors (Lipinski definition) is 2. The maximum Gasteiger partial charge on any atom is 0.328 e. The first-order chi connectivity index (χ1) is 15.2. The minimum atomic E-state index is -0.768. The van der Waals surface area contributed by atoms with E-state index in [0.717, 1.165) is 0 Å². The molecule has 1 aromatic carbocycles. The first-order valence-electron chi connectivity index (χ1n) is 10.00. The number of esters is 3. The van der Waals surface area contributed by atoms with E-state index >= 15 is 0 Å².